The molecule has 0 aromatic rings. The van der Waals surface area contributed by atoms with Crippen molar-refractivity contribution < 1.29 is 19.4 Å². The average molecular weight is 262 g/mol. The van der Waals surface area contributed by atoms with Gasteiger partial charge in [0.1, 0.15) is 17.8 Å². The molecule has 0 bridgehead atoms. The van der Waals surface area contributed by atoms with Gasteiger partial charge >= 0.3 is 5.97 Å². The highest BCUT2D eigenvalue weighted by Gasteiger charge is 2.79. The van der Waals surface area contributed by atoms with E-state index in [-0.39, 0.29) is 29.5 Å². The number of epoxide rings is 1. The minimum absolute atomic E-state index is 0.0387. The monoisotopic (exact) mass is 262 g/mol. The average Bonchev–Trinajstić information content (AvgIpc) is 2.77. The van der Waals surface area contributed by atoms with Crippen molar-refractivity contribution in [2.75, 3.05) is 0 Å². The lowest BCUT2D eigenvalue weighted by atomic mass is 9.77. The predicted molar refractivity (Wildman–Crippen MR) is 67.2 cm³/mol. The molecule has 2 aliphatic carbocycles. The Labute approximate surface area is 112 Å². The number of carbonyl (C=O) groups is 1. The molecule has 0 amide bonds. The van der Waals surface area contributed by atoms with E-state index >= 15 is 0 Å². The van der Waals surface area contributed by atoms with Gasteiger partial charge in [0.05, 0.1) is 11.5 Å². The number of aliphatic hydroxyl groups is 1. The van der Waals surface area contributed by atoms with E-state index in [4.69, 9.17) is 9.47 Å². The maximum atomic E-state index is 11.8. The number of esters is 1. The van der Waals surface area contributed by atoms with Crippen molar-refractivity contribution in [1.29, 1.82) is 0 Å². The molecule has 1 saturated carbocycles. The van der Waals surface area contributed by atoms with E-state index < -0.39 is 11.7 Å². The van der Waals surface area contributed by atoms with Gasteiger partial charge in [-0.05, 0) is 26.7 Å². The second kappa shape index (κ2) is 3.13. The van der Waals surface area contributed by atoms with Crippen molar-refractivity contribution >= 4 is 5.97 Å². The molecule has 19 heavy (non-hydrogen) atoms. The van der Waals surface area contributed by atoms with Crippen LogP contribution in [0.4, 0.5) is 0 Å². The fourth-order valence-electron chi connectivity index (χ4n) is 4.56. The van der Waals surface area contributed by atoms with E-state index in [2.05, 4.69) is 13.5 Å². The first-order valence-electron chi connectivity index (χ1n) is 6.87. The number of fused-ring (bicyclic) bond motifs is 2. The summed E-state index contributed by atoms with van der Waals surface area (Å²) < 4.78 is 11.6. The van der Waals surface area contributed by atoms with Gasteiger partial charge < -0.3 is 14.6 Å². The fourth-order valence-corrected chi connectivity index (χ4v) is 4.56. The van der Waals surface area contributed by atoms with E-state index in [0.717, 1.165) is 18.4 Å². The normalized spacial score (nSPS) is 54.8. The Morgan fingerprint density at radius 3 is 3.00 bits per heavy atom. The molecule has 2 aliphatic heterocycles. The second-order valence-corrected chi connectivity index (χ2v) is 6.50. The van der Waals surface area contributed by atoms with Crippen LogP contribution >= 0.6 is 0 Å². The Hall–Kier alpha value is -1.13. The highest BCUT2D eigenvalue weighted by atomic mass is 16.6. The zero-order valence-electron chi connectivity index (χ0n) is 11.2. The third kappa shape index (κ3) is 1.11. The molecule has 3 fully saturated rings. The van der Waals surface area contributed by atoms with Crippen molar-refractivity contribution in [3.05, 3.63) is 23.8 Å². The zero-order valence-corrected chi connectivity index (χ0v) is 11.2. The van der Waals surface area contributed by atoms with Crippen LogP contribution in [0.15, 0.2) is 23.8 Å². The van der Waals surface area contributed by atoms with Gasteiger partial charge in [-0.1, -0.05) is 18.2 Å². The van der Waals surface area contributed by atoms with Gasteiger partial charge in [0.25, 0.3) is 0 Å². The van der Waals surface area contributed by atoms with E-state index in [1.165, 1.54) is 0 Å². The molecule has 4 heteroatoms. The van der Waals surface area contributed by atoms with Crippen molar-refractivity contribution in [3.63, 3.8) is 0 Å². The summed E-state index contributed by atoms with van der Waals surface area (Å²) in [6, 6.07) is 0. The summed E-state index contributed by atoms with van der Waals surface area (Å²) in [5.41, 5.74) is 0.763. The molecule has 4 aliphatic rings. The molecule has 4 rings (SSSR count). The lowest BCUT2D eigenvalue weighted by Gasteiger charge is -2.28. The molecular weight excluding hydrogens is 244 g/mol. The number of aliphatic hydroxyl groups excluding tert-OH is 1. The molecule has 2 heterocycles. The summed E-state index contributed by atoms with van der Waals surface area (Å²) in [4.78, 5) is 11.8. The Balaban J connectivity index is 1.83. The highest BCUT2D eigenvalue weighted by molar-refractivity contribution is 5.91. The number of hydrogen-bond acceptors (Lipinski definition) is 4. The van der Waals surface area contributed by atoms with Crippen molar-refractivity contribution in [3.8, 4) is 0 Å². The van der Waals surface area contributed by atoms with Gasteiger partial charge in [-0.25, -0.2) is 4.79 Å². The first-order valence-corrected chi connectivity index (χ1v) is 6.87. The van der Waals surface area contributed by atoms with Crippen LogP contribution in [0.5, 0.6) is 0 Å². The maximum absolute atomic E-state index is 11.8. The summed E-state index contributed by atoms with van der Waals surface area (Å²) in [5, 5.41) is 10.4. The molecule has 0 radical (unpaired) electrons. The number of carbonyl (C=O) groups excluding carboxylic acids is 1. The lowest BCUT2D eigenvalue weighted by Crippen LogP contribution is -2.43. The van der Waals surface area contributed by atoms with Crippen molar-refractivity contribution in [2.24, 2.45) is 11.8 Å². The summed E-state index contributed by atoms with van der Waals surface area (Å²) in [6.45, 7) is 7.93. The third-order valence-corrected chi connectivity index (χ3v) is 5.60. The largest absolute Gasteiger partial charge is 0.458 e. The number of hydrogen-bond donors (Lipinski definition) is 1. The Morgan fingerprint density at radius 1 is 1.53 bits per heavy atom. The zero-order chi connectivity index (χ0) is 13.6. The Morgan fingerprint density at radius 2 is 2.26 bits per heavy atom. The van der Waals surface area contributed by atoms with Crippen LogP contribution in [-0.2, 0) is 14.3 Å². The van der Waals surface area contributed by atoms with Crippen LogP contribution in [-0.4, -0.2) is 34.5 Å². The maximum Gasteiger partial charge on any atom is 0.334 e. The molecule has 0 aromatic carbocycles. The van der Waals surface area contributed by atoms with Crippen LogP contribution in [0.25, 0.3) is 0 Å². The minimum Gasteiger partial charge on any atom is -0.458 e. The number of rotatable bonds is 0. The summed E-state index contributed by atoms with van der Waals surface area (Å²) >= 11 is 0. The van der Waals surface area contributed by atoms with Gasteiger partial charge in [-0.3, -0.25) is 0 Å². The molecular formula is C15H18O4. The molecule has 102 valence electrons. The standard InChI is InChI=1S/C15H18O4/c1-7-6-10(16)15-11(7)12-9(8(2)13(17)18-12)4-5-14(15,3)19-15/h6,9-12,16H,2,4-5H2,1,3H3/t9-,10-,11+,12-,14+,15+/m0/s1. The SMILES string of the molecule is C=C1C(=O)O[C@@H]2[C@H]3C(C)=C[C@H](O)[C@@]34O[C@]4(C)CC[C@@H]12. The van der Waals surface area contributed by atoms with Crippen LogP contribution in [0.2, 0.25) is 0 Å². The predicted octanol–water partition coefficient (Wildman–Crippen LogP) is 1.34. The fraction of sp³-hybridized carbons (Fsp3) is 0.667. The third-order valence-electron chi connectivity index (χ3n) is 5.60. The second-order valence-electron chi connectivity index (χ2n) is 6.50. The Bertz CT molecular complexity index is 536. The van der Waals surface area contributed by atoms with Gasteiger partial charge in [-0.15, -0.1) is 0 Å². The molecule has 6 atom stereocenters. The van der Waals surface area contributed by atoms with Crippen LogP contribution < -0.4 is 0 Å². The molecule has 1 N–H and O–H groups in total. The first-order chi connectivity index (χ1) is 8.91. The van der Waals surface area contributed by atoms with E-state index in [1.54, 1.807) is 0 Å². The molecule has 4 nitrogen and oxygen atoms in total. The van der Waals surface area contributed by atoms with E-state index in [0.29, 0.717) is 5.57 Å². The van der Waals surface area contributed by atoms with Crippen LogP contribution in [0, 0.1) is 11.8 Å². The van der Waals surface area contributed by atoms with Crippen molar-refractivity contribution in [1.82, 2.24) is 0 Å². The van der Waals surface area contributed by atoms with E-state index in [1.807, 2.05) is 13.0 Å². The molecule has 0 unspecified atom stereocenters. The lowest BCUT2D eigenvalue weighted by molar-refractivity contribution is -0.142. The molecule has 2 saturated heterocycles. The summed E-state index contributed by atoms with van der Waals surface area (Å²) in [6.07, 6.45) is 2.70. The van der Waals surface area contributed by atoms with Gasteiger partial charge in [0.2, 0.25) is 0 Å². The quantitative estimate of drug-likeness (QED) is 0.310. The first kappa shape index (κ1) is 11.7. The minimum atomic E-state index is -0.603. The Kier molecular flexibility index (Phi) is 1.92. The van der Waals surface area contributed by atoms with Gasteiger partial charge in [-0.2, -0.15) is 0 Å². The summed E-state index contributed by atoms with van der Waals surface area (Å²) in [5.74, 6) is -0.261. The van der Waals surface area contributed by atoms with Crippen LogP contribution in [0.1, 0.15) is 26.7 Å². The highest BCUT2D eigenvalue weighted by Crippen LogP contribution is 2.67. The number of ether oxygens (including phenoxy) is 2. The van der Waals surface area contributed by atoms with Crippen LogP contribution in [0.3, 0.4) is 0 Å². The molecule has 0 aromatic heterocycles. The van der Waals surface area contributed by atoms with Gasteiger partial charge in [0.15, 0.2) is 0 Å². The van der Waals surface area contributed by atoms with E-state index in [9.17, 15) is 9.90 Å². The smallest absolute Gasteiger partial charge is 0.334 e. The molecule has 1 spiro atoms. The summed E-state index contributed by atoms with van der Waals surface area (Å²) in [7, 11) is 0. The topological polar surface area (TPSA) is 59.1 Å². The van der Waals surface area contributed by atoms with Crippen molar-refractivity contribution in [2.45, 2.75) is 50.1 Å². The van der Waals surface area contributed by atoms with Gasteiger partial charge in [0, 0.05) is 11.5 Å².